The van der Waals surface area contributed by atoms with Crippen molar-refractivity contribution in [2.75, 3.05) is 6.54 Å². The van der Waals surface area contributed by atoms with Crippen molar-refractivity contribution in [1.29, 1.82) is 0 Å². The summed E-state index contributed by atoms with van der Waals surface area (Å²) in [5, 5.41) is 11.5. The summed E-state index contributed by atoms with van der Waals surface area (Å²) in [7, 11) is 0. The van der Waals surface area contributed by atoms with Gasteiger partial charge in [-0.3, -0.25) is 33.8 Å². The molecule has 0 spiro atoms. The Morgan fingerprint density at radius 2 is 1.63 bits per heavy atom. The number of fused-ring (bicyclic) bond motifs is 1. The molecule has 6 atom stereocenters. The molecule has 5 rings (SSSR count). The van der Waals surface area contributed by atoms with E-state index in [4.69, 9.17) is 0 Å². The van der Waals surface area contributed by atoms with E-state index in [1.54, 1.807) is 4.90 Å². The lowest BCUT2D eigenvalue weighted by Gasteiger charge is -2.38. The molecule has 13 heteroatoms. The Morgan fingerprint density at radius 1 is 0.898 bits per heavy atom. The molecule has 268 valence electrons. The van der Waals surface area contributed by atoms with Crippen molar-refractivity contribution < 1.29 is 28.8 Å². The smallest absolute Gasteiger partial charge is 0.289 e. The third-order valence-electron chi connectivity index (χ3n) is 10.7. The van der Waals surface area contributed by atoms with Crippen LogP contribution >= 0.6 is 0 Å². The Hall–Kier alpha value is -3.90. The molecule has 1 aliphatic heterocycles. The van der Waals surface area contributed by atoms with Gasteiger partial charge in [-0.05, 0) is 68.1 Å². The van der Waals surface area contributed by atoms with Crippen molar-refractivity contribution in [3.8, 4) is 0 Å². The molecule has 49 heavy (non-hydrogen) atoms. The van der Waals surface area contributed by atoms with E-state index >= 15 is 0 Å². The standard InChI is InChI=1S/C36H53N7O6/c1-5-10-25(29(44)34(48)39-23-15-16-23)40-33(47)28-24-14-9-13-22(24)20-43(28)35(49)30(36(2,3)4)42-32(46)27(21-11-7-6-8-12-21)41-31(45)26-19-37-17-18-38-26/h17-19,21-25,27-28,30H,5-16,20H2,1-4H3,(H,39,48)(H,40,47)(H,41,45)(H,42,46)/t22-,24+,25+,27-,28+,30-/m1/s1. The molecule has 1 saturated heterocycles. The van der Waals surface area contributed by atoms with Crippen LogP contribution in [0.2, 0.25) is 0 Å². The van der Waals surface area contributed by atoms with Crippen LogP contribution < -0.4 is 21.3 Å². The SMILES string of the molecule is CCC[C@H](NC(=O)[C@@H]1[C@H]2CCC[C@@H]2CN1C(=O)[C@@H](NC(=O)[C@H](NC(=O)c1cnccn1)C1CCCCC1)C(C)(C)C)C(=O)C(=O)NC1CC1. The van der Waals surface area contributed by atoms with E-state index in [0.29, 0.717) is 19.4 Å². The first-order chi connectivity index (χ1) is 23.4. The monoisotopic (exact) mass is 679 g/mol. The van der Waals surface area contributed by atoms with Gasteiger partial charge < -0.3 is 26.2 Å². The molecule has 0 aromatic carbocycles. The highest BCUT2D eigenvalue weighted by Crippen LogP contribution is 2.43. The van der Waals surface area contributed by atoms with E-state index in [2.05, 4.69) is 31.2 Å². The van der Waals surface area contributed by atoms with Crippen LogP contribution in [0.5, 0.6) is 0 Å². The highest BCUT2D eigenvalue weighted by atomic mass is 16.2. The zero-order chi connectivity index (χ0) is 35.3. The largest absolute Gasteiger partial charge is 0.347 e. The van der Waals surface area contributed by atoms with Crippen LogP contribution in [0.3, 0.4) is 0 Å². The Labute approximate surface area is 288 Å². The molecule has 4 N–H and O–H groups in total. The van der Waals surface area contributed by atoms with Gasteiger partial charge in [-0.1, -0.05) is 59.8 Å². The van der Waals surface area contributed by atoms with E-state index < -0.39 is 59.0 Å². The Kier molecular flexibility index (Phi) is 11.7. The molecule has 0 bridgehead atoms. The fourth-order valence-corrected chi connectivity index (χ4v) is 7.87. The number of hydrogen-bond acceptors (Lipinski definition) is 8. The normalized spacial score (nSPS) is 24.2. The lowest BCUT2D eigenvalue weighted by molar-refractivity contribution is -0.146. The summed E-state index contributed by atoms with van der Waals surface area (Å²) in [5.74, 6) is -3.20. The molecule has 0 radical (unpaired) electrons. The molecule has 4 fully saturated rings. The molecule has 0 unspecified atom stereocenters. The molecule has 2 heterocycles. The second-order valence-corrected chi connectivity index (χ2v) is 15.5. The summed E-state index contributed by atoms with van der Waals surface area (Å²) < 4.78 is 0. The summed E-state index contributed by atoms with van der Waals surface area (Å²) in [5.41, 5.74) is -0.638. The number of nitrogens with zero attached hydrogens (tertiary/aromatic N) is 3. The number of carbonyl (C=O) groups excluding carboxylic acids is 6. The Morgan fingerprint density at radius 3 is 2.27 bits per heavy atom. The number of amides is 5. The first-order valence-corrected chi connectivity index (χ1v) is 18.2. The summed E-state index contributed by atoms with van der Waals surface area (Å²) >= 11 is 0. The summed E-state index contributed by atoms with van der Waals surface area (Å²) in [4.78, 5) is 91.4. The number of Topliss-reactive ketones (excluding diaryl/α,β-unsaturated/α-hetero) is 1. The van der Waals surface area contributed by atoms with Gasteiger partial charge in [0.05, 0.1) is 12.2 Å². The van der Waals surface area contributed by atoms with Crippen LogP contribution in [0.25, 0.3) is 0 Å². The van der Waals surface area contributed by atoms with Crippen molar-refractivity contribution in [2.45, 2.75) is 135 Å². The molecular weight excluding hydrogens is 626 g/mol. The van der Waals surface area contributed by atoms with Crippen molar-refractivity contribution >= 4 is 35.3 Å². The predicted octanol–water partition coefficient (Wildman–Crippen LogP) is 2.45. The quantitative estimate of drug-likeness (QED) is 0.230. The summed E-state index contributed by atoms with van der Waals surface area (Å²) in [6.07, 6.45) is 13.9. The van der Waals surface area contributed by atoms with Gasteiger partial charge in [0.25, 0.3) is 11.8 Å². The van der Waals surface area contributed by atoms with Crippen LogP contribution in [0.1, 0.15) is 115 Å². The zero-order valence-electron chi connectivity index (χ0n) is 29.3. The number of hydrogen-bond donors (Lipinski definition) is 4. The van der Waals surface area contributed by atoms with Crippen molar-refractivity contribution in [3.63, 3.8) is 0 Å². The van der Waals surface area contributed by atoms with Crippen LogP contribution in [0, 0.1) is 23.2 Å². The van der Waals surface area contributed by atoms with Gasteiger partial charge in [0.2, 0.25) is 23.5 Å². The average molecular weight is 680 g/mol. The van der Waals surface area contributed by atoms with Gasteiger partial charge >= 0.3 is 0 Å². The lowest BCUT2D eigenvalue weighted by Crippen LogP contribution is -2.62. The minimum atomic E-state index is -0.994. The van der Waals surface area contributed by atoms with Gasteiger partial charge in [0, 0.05) is 25.0 Å². The summed E-state index contributed by atoms with van der Waals surface area (Å²) in [6, 6.07) is -3.68. The molecule has 1 aromatic rings. The molecule has 1 aromatic heterocycles. The second kappa shape index (κ2) is 15.8. The average Bonchev–Trinajstić information content (AvgIpc) is 3.65. The first kappa shape index (κ1) is 36.4. The first-order valence-electron chi connectivity index (χ1n) is 18.2. The maximum Gasteiger partial charge on any atom is 0.289 e. The topological polar surface area (TPSA) is 180 Å². The van der Waals surface area contributed by atoms with Gasteiger partial charge in [-0.25, -0.2) is 4.98 Å². The van der Waals surface area contributed by atoms with Crippen molar-refractivity contribution in [1.82, 2.24) is 36.1 Å². The van der Waals surface area contributed by atoms with E-state index in [1.807, 2.05) is 27.7 Å². The number of ketones is 1. The van der Waals surface area contributed by atoms with Crippen LogP contribution in [-0.4, -0.2) is 86.9 Å². The third-order valence-corrected chi connectivity index (χ3v) is 10.7. The van der Waals surface area contributed by atoms with Crippen molar-refractivity contribution in [3.05, 3.63) is 24.3 Å². The Balaban J connectivity index is 1.36. The van der Waals surface area contributed by atoms with Crippen LogP contribution in [0.15, 0.2) is 18.6 Å². The lowest BCUT2D eigenvalue weighted by atomic mass is 9.82. The number of rotatable bonds is 13. The minimum absolute atomic E-state index is 0.0132. The maximum atomic E-state index is 14.6. The highest BCUT2D eigenvalue weighted by Gasteiger charge is 2.52. The fraction of sp³-hybridized carbons (Fsp3) is 0.722. The minimum Gasteiger partial charge on any atom is -0.347 e. The zero-order valence-corrected chi connectivity index (χ0v) is 29.3. The molecule has 3 aliphatic carbocycles. The number of carbonyl (C=O) groups is 6. The molecule has 4 aliphatic rings. The maximum absolute atomic E-state index is 14.6. The second-order valence-electron chi connectivity index (χ2n) is 15.5. The van der Waals surface area contributed by atoms with Crippen LogP contribution in [-0.2, 0) is 24.0 Å². The van der Waals surface area contributed by atoms with E-state index in [9.17, 15) is 28.8 Å². The van der Waals surface area contributed by atoms with Crippen molar-refractivity contribution in [2.24, 2.45) is 23.2 Å². The van der Waals surface area contributed by atoms with Gasteiger partial charge in [-0.15, -0.1) is 0 Å². The molecule has 5 amide bonds. The van der Waals surface area contributed by atoms with E-state index in [0.717, 1.165) is 64.2 Å². The van der Waals surface area contributed by atoms with Gasteiger partial charge in [-0.2, -0.15) is 0 Å². The molecule has 13 nitrogen and oxygen atoms in total. The Bertz CT molecular complexity index is 1390. The van der Waals surface area contributed by atoms with E-state index in [1.165, 1.54) is 18.6 Å². The number of likely N-dealkylation sites (tertiary alicyclic amines) is 1. The fourth-order valence-electron chi connectivity index (χ4n) is 7.87. The summed E-state index contributed by atoms with van der Waals surface area (Å²) in [6.45, 7) is 7.85. The van der Waals surface area contributed by atoms with E-state index in [-0.39, 0.29) is 35.4 Å². The predicted molar refractivity (Wildman–Crippen MR) is 181 cm³/mol. The van der Waals surface area contributed by atoms with Crippen LogP contribution in [0.4, 0.5) is 0 Å². The number of aromatic nitrogens is 2. The highest BCUT2D eigenvalue weighted by molar-refractivity contribution is 6.38. The third kappa shape index (κ3) is 8.83. The molecular formula is C36H53N7O6. The molecule has 3 saturated carbocycles. The van der Waals surface area contributed by atoms with Gasteiger partial charge in [0.15, 0.2) is 0 Å². The van der Waals surface area contributed by atoms with Gasteiger partial charge in [0.1, 0.15) is 23.8 Å². The number of nitrogens with one attached hydrogen (secondary N) is 4.